The van der Waals surface area contributed by atoms with E-state index in [4.69, 9.17) is 4.74 Å². The number of halogens is 1. The molecular formula is C18H17BrN2O3. The molecule has 1 atom stereocenters. The summed E-state index contributed by atoms with van der Waals surface area (Å²) in [7, 11) is 1.59. The molecule has 0 amide bonds. The van der Waals surface area contributed by atoms with Crippen LogP contribution in [-0.2, 0) is 0 Å². The summed E-state index contributed by atoms with van der Waals surface area (Å²) in [6.45, 7) is -0.183. The summed E-state index contributed by atoms with van der Waals surface area (Å²) in [5.74, 6) is 0.686. The summed E-state index contributed by atoms with van der Waals surface area (Å²) in [6.07, 6.45) is 3.39. The van der Waals surface area contributed by atoms with E-state index in [1.165, 1.54) is 4.57 Å². The van der Waals surface area contributed by atoms with Crippen LogP contribution in [0.25, 0.3) is 5.69 Å². The van der Waals surface area contributed by atoms with Crippen molar-refractivity contribution in [3.8, 4) is 11.4 Å². The van der Waals surface area contributed by atoms with Crippen molar-refractivity contribution >= 4 is 15.9 Å². The van der Waals surface area contributed by atoms with Crippen LogP contribution in [0.3, 0.4) is 0 Å². The fourth-order valence-corrected chi connectivity index (χ4v) is 2.89. The highest BCUT2D eigenvalue weighted by atomic mass is 79.9. The average molecular weight is 389 g/mol. The first kappa shape index (κ1) is 16.5. The van der Waals surface area contributed by atoms with Crippen molar-refractivity contribution in [3.63, 3.8) is 0 Å². The minimum absolute atomic E-state index is 0.183. The van der Waals surface area contributed by atoms with Crippen molar-refractivity contribution in [2.45, 2.75) is 6.04 Å². The monoisotopic (exact) mass is 388 g/mol. The van der Waals surface area contributed by atoms with Gasteiger partial charge in [0, 0.05) is 16.9 Å². The molecule has 0 fully saturated rings. The van der Waals surface area contributed by atoms with Crippen LogP contribution in [0.15, 0.2) is 70.2 Å². The second kappa shape index (κ2) is 7.07. The van der Waals surface area contributed by atoms with Crippen molar-refractivity contribution in [1.82, 2.24) is 9.13 Å². The third-order valence-electron chi connectivity index (χ3n) is 3.90. The van der Waals surface area contributed by atoms with Crippen LogP contribution in [0.2, 0.25) is 0 Å². The van der Waals surface area contributed by atoms with Crippen LogP contribution in [0.4, 0.5) is 0 Å². The van der Waals surface area contributed by atoms with Crippen LogP contribution >= 0.6 is 15.9 Å². The van der Waals surface area contributed by atoms with Gasteiger partial charge in [-0.25, -0.2) is 4.79 Å². The Balaban J connectivity index is 2.02. The molecule has 0 aliphatic rings. The Labute approximate surface area is 147 Å². The largest absolute Gasteiger partial charge is 0.497 e. The van der Waals surface area contributed by atoms with Gasteiger partial charge in [0.1, 0.15) is 5.75 Å². The molecular weight excluding hydrogens is 372 g/mol. The van der Waals surface area contributed by atoms with Gasteiger partial charge < -0.3 is 9.84 Å². The van der Waals surface area contributed by atoms with Gasteiger partial charge in [-0.1, -0.05) is 28.1 Å². The van der Waals surface area contributed by atoms with Gasteiger partial charge in [-0.05, 0) is 42.0 Å². The summed E-state index contributed by atoms with van der Waals surface area (Å²) in [5.41, 5.74) is 1.37. The summed E-state index contributed by atoms with van der Waals surface area (Å²) in [4.78, 5) is 12.8. The normalized spacial score (nSPS) is 12.1. The zero-order valence-electron chi connectivity index (χ0n) is 13.1. The smallest absolute Gasteiger partial charge is 0.333 e. The molecule has 6 heteroatoms. The Kier molecular flexibility index (Phi) is 4.87. The fraction of sp³-hybridized carbons (Fsp3) is 0.167. The Hall–Kier alpha value is -2.31. The van der Waals surface area contributed by atoms with Crippen molar-refractivity contribution in [1.29, 1.82) is 0 Å². The maximum Gasteiger partial charge on any atom is 0.333 e. The first-order valence-corrected chi connectivity index (χ1v) is 8.23. The van der Waals surface area contributed by atoms with Gasteiger partial charge in [0.15, 0.2) is 0 Å². The number of methoxy groups -OCH3 is 1. The molecule has 0 bridgehead atoms. The first-order chi connectivity index (χ1) is 11.6. The Morgan fingerprint density at radius 1 is 1.17 bits per heavy atom. The lowest BCUT2D eigenvalue weighted by molar-refractivity contribution is 0.246. The van der Waals surface area contributed by atoms with Gasteiger partial charge in [0.2, 0.25) is 0 Å². The molecule has 1 unspecified atom stereocenters. The maximum absolute atomic E-state index is 12.8. The Morgan fingerprint density at radius 2 is 1.92 bits per heavy atom. The molecule has 1 aromatic heterocycles. The summed E-state index contributed by atoms with van der Waals surface area (Å²) >= 11 is 3.38. The molecule has 0 saturated carbocycles. The zero-order chi connectivity index (χ0) is 17.1. The molecule has 0 spiro atoms. The second-order valence-electron chi connectivity index (χ2n) is 5.31. The minimum Gasteiger partial charge on any atom is -0.497 e. The highest BCUT2D eigenvalue weighted by molar-refractivity contribution is 9.10. The van der Waals surface area contributed by atoms with Gasteiger partial charge in [-0.2, -0.15) is 0 Å². The molecule has 3 aromatic rings. The number of imidazole rings is 1. The van der Waals surface area contributed by atoms with Crippen LogP contribution in [0.1, 0.15) is 11.6 Å². The predicted octanol–water partition coefficient (Wildman–Crippen LogP) is 2.99. The molecule has 0 aliphatic heterocycles. The first-order valence-electron chi connectivity index (χ1n) is 7.44. The lowest BCUT2D eigenvalue weighted by Crippen LogP contribution is -2.28. The summed E-state index contributed by atoms with van der Waals surface area (Å²) in [6, 6.07) is 14.4. The van der Waals surface area contributed by atoms with Gasteiger partial charge in [-0.3, -0.25) is 9.13 Å². The predicted molar refractivity (Wildman–Crippen MR) is 95.9 cm³/mol. The third kappa shape index (κ3) is 3.16. The fourth-order valence-electron chi connectivity index (χ4n) is 2.63. The van der Waals surface area contributed by atoms with Crippen LogP contribution in [0.5, 0.6) is 5.75 Å². The average Bonchev–Trinajstić information content (AvgIpc) is 2.98. The molecule has 124 valence electrons. The van der Waals surface area contributed by atoms with Crippen molar-refractivity contribution in [2.75, 3.05) is 13.7 Å². The van der Waals surface area contributed by atoms with Gasteiger partial charge >= 0.3 is 5.69 Å². The topological polar surface area (TPSA) is 56.4 Å². The van der Waals surface area contributed by atoms with Crippen molar-refractivity contribution in [3.05, 3.63) is 81.4 Å². The Bertz CT molecular complexity index is 884. The van der Waals surface area contributed by atoms with E-state index in [9.17, 15) is 9.90 Å². The van der Waals surface area contributed by atoms with Gasteiger partial charge in [0.05, 0.1) is 25.4 Å². The van der Waals surface area contributed by atoms with E-state index < -0.39 is 6.04 Å². The maximum atomic E-state index is 12.8. The number of benzene rings is 2. The number of ether oxygens (including phenoxy) is 1. The third-order valence-corrected chi connectivity index (χ3v) is 4.42. The highest BCUT2D eigenvalue weighted by Gasteiger charge is 2.17. The van der Waals surface area contributed by atoms with E-state index >= 15 is 0 Å². The number of hydrogen-bond donors (Lipinski definition) is 1. The van der Waals surface area contributed by atoms with E-state index in [1.54, 1.807) is 24.1 Å². The quantitative estimate of drug-likeness (QED) is 0.730. The second-order valence-corrected chi connectivity index (χ2v) is 6.23. The SMILES string of the molecule is COc1cccc(C(CO)n2ccn(-c3ccc(Br)cc3)c2=O)c1. The lowest BCUT2D eigenvalue weighted by Gasteiger charge is -2.16. The van der Waals surface area contributed by atoms with E-state index in [1.807, 2.05) is 48.5 Å². The molecule has 2 aromatic carbocycles. The number of nitrogens with zero attached hydrogens (tertiary/aromatic N) is 2. The van der Waals surface area contributed by atoms with Gasteiger partial charge in [-0.15, -0.1) is 0 Å². The number of rotatable bonds is 5. The summed E-state index contributed by atoms with van der Waals surface area (Å²) in [5, 5.41) is 9.82. The molecule has 0 aliphatic carbocycles. The van der Waals surface area contributed by atoms with Crippen molar-refractivity contribution < 1.29 is 9.84 Å². The summed E-state index contributed by atoms with van der Waals surface area (Å²) < 4.78 is 9.25. The zero-order valence-corrected chi connectivity index (χ0v) is 14.7. The molecule has 5 nitrogen and oxygen atoms in total. The molecule has 1 N–H and O–H groups in total. The standard InChI is InChI=1S/C18H17BrN2O3/c1-24-16-4-2-3-13(11-16)17(12-22)21-10-9-20(18(21)23)15-7-5-14(19)6-8-15/h2-11,17,22H,12H2,1H3. The number of aliphatic hydroxyl groups excluding tert-OH is 1. The molecule has 24 heavy (non-hydrogen) atoms. The highest BCUT2D eigenvalue weighted by Crippen LogP contribution is 2.22. The van der Waals surface area contributed by atoms with Crippen LogP contribution in [0, 0.1) is 0 Å². The number of aliphatic hydroxyl groups is 1. The van der Waals surface area contributed by atoms with Crippen LogP contribution in [-0.4, -0.2) is 28.0 Å². The number of aromatic nitrogens is 2. The Morgan fingerprint density at radius 3 is 2.58 bits per heavy atom. The molecule has 1 heterocycles. The van der Waals surface area contributed by atoms with E-state index in [0.717, 1.165) is 15.7 Å². The lowest BCUT2D eigenvalue weighted by atomic mass is 10.1. The van der Waals surface area contributed by atoms with Crippen LogP contribution < -0.4 is 10.4 Å². The minimum atomic E-state index is -0.468. The van der Waals surface area contributed by atoms with E-state index in [0.29, 0.717) is 5.75 Å². The van der Waals surface area contributed by atoms with E-state index in [2.05, 4.69) is 15.9 Å². The molecule has 0 saturated heterocycles. The van der Waals surface area contributed by atoms with Crippen molar-refractivity contribution in [2.24, 2.45) is 0 Å². The van der Waals surface area contributed by atoms with E-state index in [-0.39, 0.29) is 12.3 Å². The van der Waals surface area contributed by atoms with Gasteiger partial charge in [0.25, 0.3) is 0 Å². The number of hydrogen-bond acceptors (Lipinski definition) is 3. The molecule has 3 rings (SSSR count). The molecule has 0 radical (unpaired) electrons.